The van der Waals surface area contributed by atoms with Crippen LogP contribution in [0.4, 0.5) is 0 Å². The third-order valence-corrected chi connectivity index (χ3v) is 10.6. The molecule has 3 unspecified atom stereocenters. The molecule has 162 valence electrons. The highest BCUT2D eigenvalue weighted by atomic mass is 79.9. The van der Waals surface area contributed by atoms with Crippen molar-refractivity contribution in [1.29, 1.82) is 0 Å². The molecule has 0 amide bonds. The second kappa shape index (κ2) is 8.05. The summed E-state index contributed by atoms with van der Waals surface area (Å²) < 4.78 is 1.20. The topological polar surface area (TPSA) is 0 Å². The highest BCUT2D eigenvalue weighted by molar-refractivity contribution is 9.10. The van der Waals surface area contributed by atoms with Crippen molar-refractivity contribution < 1.29 is 0 Å². The molecule has 3 atom stereocenters. The first-order valence-electron chi connectivity index (χ1n) is 11.7. The summed E-state index contributed by atoms with van der Waals surface area (Å²) in [5.41, 5.74) is 8.41. The molecule has 2 bridgehead atoms. The monoisotopic (exact) mass is 516 g/mol. The van der Waals surface area contributed by atoms with Crippen LogP contribution >= 0.6 is 23.9 Å². The quantitative estimate of drug-likeness (QED) is 0.237. The van der Waals surface area contributed by atoms with Gasteiger partial charge in [0.1, 0.15) is 0 Å². The van der Waals surface area contributed by atoms with Gasteiger partial charge in [0.2, 0.25) is 0 Å². The van der Waals surface area contributed by atoms with Crippen molar-refractivity contribution in [2.24, 2.45) is 0 Å². The van der Waals surface area contributed by atoms with Gasteiger partial charge in [-0.3, -0.25) is 0 Å². The minimum Gasteiger partial charge on any atom is -0.0720 e. The second-order valence-corrected chi connectivity index (χ2v) is 12.0. The predicted octanol–water partition coefficient (Wildman–Crippen LogP) is 8.82. The Morgan fingerprint density at radius 3 is 2.09 bits per heavy atom. The maximum absolute atomic E-state index is 3.89. The van der Waals surface area contributed by atoms with E-state index < -0.39 is 7.92 Å². The molecule has 0 spiro atoms. The maximum Gasteiger partial charge on any atom is 0.0302 e. The molecular formula is C32H22BrP. The lowest BCUT2D eigenvalue weighted by Gasteiger charge is -2.34. The Morgan fingerprint density at radius 1 is 0.676 bits per heavy atom. The van der Waals surface area contributed by atoms with Crippen molar-refractivity contribution in [3.63, 3.8) is 0 Å². The zero-order chi connectivity index (χ0) is 22.6. The first-order chi connectivity index (χ1) is 16.8. The van der Waals surface area contributed by atoms with Crippen LogP contribution in [0.25, 0.3) is 11.6 Å². The van der Waals surface area contributed by atoms with E-state index in [0.717, 1.165) is 0 Å². The average Bonchev–Trinajstić information content (AvgIpc) is 3.60. The van der Waals surface area contributed by atoms with Crippen LogP contribution in [-0.4, -0.2) is 0 Å². The van der Waals surface area contributed by atoms with Crippen molar-refractivity contribution >= 4 is 40.8 Å². The lowest BCUT2D eigenvalue weighted by Crippen LogP contribution is -2.12. The zero-order valence-corrected chi connectivity index (χ0v) is 21.0. The second-order valence-electron chi connectivity index (χ2n) is 9.04. The molecule has 2 aliphatic carbocycles. The van der Waals surface area contributed by atoms with Crippen molar-refractivity contribution in [1.82, 2.24) is 0 Å². The molecule has 4 aromatic carbocycles. The van der Waals surface area contributed by atoms with Crippen molar-refractivity contribution in [2.75, 3.05) is 0 Å². The van der Waals surface area contributed by atoms with Crippen LogP contribution in [0, 0.1) is 0 Å². The van der Waals surface area contributed by atoms with E-state index in [1.165, 1.54) is 43.2 Å². The zero-order valence-electron chi connectivity index (χ0n) is 18.5. The van der Waals surface area contributed by atoms with Crippen molar-refractivity contribution in [2.45, 2.75) is 11.8 Å². The Kier molecular flexibility index (Phi) is 4.83. The Labute approximate surface area is 210 Å². The van der Waals surface area contributed by atoms with Crippen molar-refractivity contribution in [3.8, 4) is 0 Å². The Balaban J connectivity index is 1.37. The van der Waals surface area contributed by atoms with E-state index in [4.69, 9.17) is 0 Å². The highest BCUT2D eigenvalue weighted by Crippen LogP contribution is 2.77. The van der Waals surface area contributed by atoms with Gasteiger partial charge in [-0.2, -0.15) is 0 Å². The number of fused-ring (bicyclic) bond motifs is 2. The number of allylic oxidation sites excluding steroid dienone is 5. The van der Waals surface area contributed by atoms with E-state index in [-0.39, 0.29) is 0 Å². The third-order valence-electron chi connectivity index (χ3n) is 7.22. The molecule has 8 rings (SSSR count). The third kappa shape index (κ3) is 3.01. The summed E-state index contributed by atoms with van der Waals surface area (Å²) in [7, 11) is -0.394. The summed E-state index contributed by atoms with van der Waals surface area (Å²) in [4.78, 5) is 0. The number of halogens is 1. The molecule has 2 aliphatic heterocycles. The molecular weight excluding hydrogens is 495 g/mol. The molecule has 0 saturated carbocycles. The van der Waals surface area contributed by atoms with Gasteiger partial charge in [0.15, 0.2) is 0 Å². The largest absolute Gasteiger partial charge is 0.0720 e. The normalized spacial score (nSPS) is 21.9. The van der Waals surface area contributed by atoms with E-state index in [1.807, 2.05) is 0 Å². The van der Waals surface area contributed by atoms with Gasteiger partial charge < -0.3 is 0 Å². The average molecular weight is 517 g/mol. The van der Waals surface area contributed by atoms with Gasteiger partial charge in [0.25, 0.3) is 0 Å². The van der Waals surface area contributed by atoms with Crippen LogP contribution < -0.4 is 5.30 Å². The van der Waals surface area contributed by atoms with Gasteiger partial charge in [-0.1, -0.05) is 131 Å². The van der Waals surface area contributed by atoms with Crippen LogP contribution in [-0.2, 0) is 0 Å². The lowest BCUT2D eigenvalue weighted by molar-refractivity contribution is 1.01. The molecule has 0 saturated heterocycles. The van der Waals surface area contributed by atoms with E-state index in [1.54, 1.807) is 10.6 Å². The molecule has 2 heteroatoms. The number of benzene rings is 4. The van der Waals surface area contributed by atoms with Gasteiger partial charge in [-0.25, -0.2) is 0 Å². The molecule has 2 heterocycles. The Hall–Kier alpha value is -2.99. The molecule has 34 heavy (non-hydrogen) atoms. The first kappa shape index (κ1) is 20.4. The predicted molar refractivity (Wildman–Crippen MR) is 149 cm³/mol. The van der Waals surface area contributed by atoms with Gasteiger partial charge in [0, 0.05) is 16.3 Å². The summed E-state index contributed by atoms with van der Waals surface area (Å²) in [6, 6.07) is 37.5. The summed E-state index contributed by atoms with van der Waals surface area (Å²) >= 11 is 3.89. The summed E-state index contributed by atoms with van der Waals surface area (Å²) in [5.74, 6) is 0.644. The van der Waals surface area contributed by atoms with Crippen LogP contribution in [0.2, 0.25) is 0 Å². The van der Waals surface area contributed by atoms with E-state index in [9.17, 15) is 0 Å². The van der Waals surface area contributed by atoms with E-state index in [0.29, 0.717) is 11.8 Å². The van der Waals surface area contributed by atoms with E-state index >= 15 is 0 Å². The van der Waals surface area contributed by atoms with Gasteiger partial charge in [0.05, 0.1) is 0 Å². The SMILES string of the molecule is Brc1ccc(C2C=C3C(c4ccccc4)=C2P3c2ccccc2)c2c1C(c1ccccc1)C=C2. The lowest BCUT2D eigenvalue weighted by atomic mass is 9.88. The smallest absolute Gasteiger partial charge is 0.0302 e. The summed E-state index contributed by atoms with van der Waals surface area (Å²) in [5, 5.41) is 4.63. The fourth-order valence-electron chi connectivity index (χ4n) is 5.74. The standard InChI is InChI=1S/C32H22BrP/c33-28-19-18-25(26-17-16-24(31(26)28)21-10-4-1-5-11-21)27-20-29-30(22-12-6-2-7-13-22)32(27)34(29)23-14-8-3-9-15-23/h1-20,24,27H. The highest BCUT2D eigenvalue weighted by Gasteiger charge is 2.47. The molecule has 0 radical (unpaired) electrons. The van der Waals surface area contributed by atoms with Gasteiger partial charge in [-0.05, 0) is 63.3 Å². The summed E-state index contributed by atoms with van der Waals surface area (Å²) in [6.45, 7) is 0. The minimum absolute atomic E-state index is 0.299. The maximum atomic E-state index is 3.89. The number of hydrogen-bond acceptors (Lipinski definition) is 0. The molecule has 4 aromatic rings. The van der Waals surface area contributed by atoms with E-state index in [2.05, 4.69) is 137 Å². The Bertz CT molecular complexity index is 1500. The molecule has 4 aliphatic rings. The number of hydrogen-bond donors (Lipinski definition) is 0. The summed E-state index contributed by atoms with van der Waals surface area (Å²) in [6.07, 6.45) is 7.28. The van der Waals surface area contributed by atoms with Crippen LogP contribution in [0.5, 0.6) is 0 Å². The number of rotatable bonds is 4. The van der Waals surface area contributed by atoms with Crippen LogP contribution in [0.3, 0.4) is 0 Å². The fourth-order valence-corrected chi connectivity index (χ4v) is 9.19. The van der Waals surface area contributed by atoms with Crippen LogP contribution in [0.1, 0.15) is 39.7 Å². The Morgan fingerprint density at radius 2 is 1.35 bits per heavy atom. The molecule has 0 fully saturated rings. The minimum atomic E-state index is -0.394. The molecule has 0 aromatic heterocycles. The van der Waals surface area contributed by atoms with Crippen LogP contribution in [0.15, 0.2) is 130 Å². The van der Waals surface area contributed by atoms with Crippen molar-refractivity contribution in [3.05, 3.63) is 158 Å². The first-order valence-corrected chi connectivity index (χ1v) is 13.9. The molecule has 0 N–H and O–H groups in total. The fraction of sp³-hybridized carbons (Fsp3) is 0.0625. The van der Waals surface area contributed by atoms with Gasteiger partial charge >= 0.3 is 0 Å². The molecule has 0 nitrogen and oxygen atoms in total. The van der Waals surface area contributed by atoms with Gasteiger partial charge in [-0.15, -0.1) is 0 Å².